The molecule has 0 N–H and O–H groups in total. The second kappa shape index (κ2) is 25.2. The lowest BCUT2D eigenvalue weighted by Gasteiger charge is -2.18. The molecule has 4 nitrogen and oxygen atoms in total. The first-order valence-electron chi connectivity index (χ1n) is 27.0. The van der Waals surface area contributed by atoms with Crippen molar-refractivity contribution in [2.75, 3.05) is 0 Å². The van der Waals surface area contributed by atoms with E-state index in [0.717, 1.165) is 23.2 Å². The van der Waals surface area contributed by atoms with Crippen LogP contribution in [0.4, 0.5) is 0 Å². The Morgan fingerprint density at radius 3 is 1.19 bits per heavy atom. The Kier molecular flexibility index (Phi) is 18.7. The highest BCUT2D eigenvalue weighted by molar-refractivity contribution is 5.64. The molecule has 8 rings (SSSR count). The number of benzene rings is 4. The zero-order chi connectivity index (χ0) is 54.8. The molecule has 0 bridgehead atoms. The monoisotopic (exact) mass is 963 g/mol. The molecule has 376 valence electrons. The van der Waals surface area contributed by atoms with Gasteiger partial charge in [-0.25, -0.2) is 18.3 Å². The van der Waals surface area contributed by atoms with Crippen LogP contribution in [0.1, 0.15) is 131 Å². The number of pyridine rings is 4. The van der Waals surface area contributed by atoms with Crippen molar-refractivity contribution in [3.05, 3.63) is 213 Å². The van der Waals surface area contributed by atoms with Crippen LogP contribution in [0.15, 0.2) is 152 Å². The van der Waals surface area contributed by atoms with Crippen molar-refractivity contribution in [3.8, 4) is 45.0 Å². The topological polar surface area (TPSA) is 15.5 Å². The Hall–Kier alpha value is -6.52. The average Bonchev–Trinajstić information content (AvgIpc) is 3.34. The third kappa shape index (κ3) is 14.8. The zero-order valence-electron chi connectivity index (χ0n) is 49.6. The number of hydrogen-bond donors (Lipinski definition) is 0. The van der Waals surface area contributed by atoms with Crippen LogP contribution in [0.3, 0.4) is 0 Å². The van der Waals surface area contributed by atoms with Crippen molar-refractivity contribution in [1.29, 1.82) is 0 Å². The normalized spacial score (nSPS) is 11.7. The summed E-state index contributed by atoms with van der Waals surface area (Å²) < 4.78 is 25.7. The minimum absolute atomic E-state index is 0.448. The van der Waals surface area contributed by atoms with Crippen LogP contribution < -0.4 is 18.3 Å². The Morgan fingerprint density at radius 2 is 0.792 bits per heavy atom. The summed E-state index contributed by atoms with van der Waals surface area (Å²) in [7, 11) is 8.38. The van der Waals surface area contributed by atoms with Gasteiger partial charge in [0.15, 0.2) is 24.8 Å². The maximum absolute atomic E-state index is 8.46. The molecule has 72 heavy (non-hydrogen) atoms. The minimum Gasteiger partial charge on any atom is -0.201 e. The third-order valence-electron chi connectivity index (χ3n) is 13.6. The summed E-state index contributed by atoms with van der Waals surface area (Å²) in [5.74, 6) is 1.14. The molecule has 4 heterocycles. The first kappa shape index (κ1) is 53.3. The van der Waals surface area contributed by atoms with Crippen LogP contribution in [0.25, 0.3) is 45.0 Å². The lowest BCUT2D eigenvalue weighted by molar-refractivity contribution is -0.661. The molecule has 0 aliphatic rings. The van der Waals surface area contributed by atoms with Gasteiger partial charge in [-0.05, 0) is 147 Å². The molecule has 4 aromatic carbocycles. The van der Waals surface area contributed by atoms with Gasteiger partial charge in [0.1, 0.15) is 28.2 Å². The van der Waals surface area contributed by atoms with Gasteiger partial charge in [0.05, 0.1) is 0 Å². The van der Waals surface area contributed by atoms with Crippen molar-refractivity contribution < 1.29 is 21.0 Å². The van der Waals surface area contributed by atoms with Crippen molar-refractivity contribution in [3.63, 3.8) is 0 Å². The quantitative estimate of drug-likeness (QED) is 0.135. The van der Waals surface area contributed by atoms with Crippen LogP contribution in [-0.4, -0.2) is 0 Å². The number of aromatic nitrogens is 4. The molecule has 0 fully saturated rings. The van der Waals surface area contributed by atoms with Crippen LogP contribution in [-0.2, 0) is 41.0 Å². The highest BCUT2D eigenvalue weighted by Crippen LogP contribution is 2.28. The van der Waals surface area contributed by atoms with E-state index in [1.165, 1.54) is 89.4 Å². The molecule has 8 aromatic rings. The number of hydrogen-bond acceptors (Lipinski definition) is 0. The molecule has 0 saturated heterocycles. The van der Waals surface area contributed by atoms with Crippen LogP contribution in [0.5, 0.6) is 0 Å². The Morgan fingerprint density at radius 1 is 0.417 bits per heavy atom. The molecular weight excluding hydrogens is 873 g/mol. The molecule has 0 amide bonds. The Labute approximate surface area is 439 Å². The van der Waals surface area contributed by atoms with E-state index < -0.39 is 11.8 Å². The first-order valence-corrected chi connectivity index (χ1v) is 26.0. The van der Waals surface area contributed by atoms with Crippen LogP contribution in [0, 0.1) is 53.9 Å². The molecule has 0 aliphatic carbocycles. The zero-order valence-corrected chi connectivity index (χ0v) is 47.6. The largest absolute Gasteiger partial charge is 0.212 e. The lowest BCUT2D eigenvalue weighted by atomic mass is 9.88. The molecule has 0 spiro atoms. The molecule has 0 atom stereocenters. The van der Waals surface area contributed by atoms with Crippen LogP contribution >= 0.6 is 0 Å². The van der Waals surface area contributed by atoms with Gasteiger partial charge >= 0.3 is 0 Å². The summed E-state index contributed by atoms with van der Waals surface area (Å²) in [6, 6.07) is 44.7. The molecule has 0 unspecified atom stereocenters. The summed E-state index contributed by atoms with van der Waals surface area (Å²) in [6.45, 7) is 32.2. The Balaban J connectivity index is 0.000000183. The van der Waals surface area contributed by atoms with Gasteiger partial charge in [-0.2, -0.15) is 0 Å². The summed E-state index contributed by atoms with van der Waals surface area (Å²) in [5, 5.41) is 0. The van der Waals surface area contributed by atoms with E-state index in [0.29, 0.717) is 11.8 Å². The van der Waals surface area contributed by atoms with Crippen molar-refractivity contribution in [2.24, 2.45) is 33.6 Å². The van der Waals surface area contributed by atoms with Crippen molar-refractivity contribution in [2.45, 2.75) is 128 Å². The minimum atomic E-state index is -1.38. The Bertz CT molecular complexity index is 3190. The van der Waals surface area contributed by atoms with E-state index in [9.17, 15) is 0 Å². The first-order chi connectivity index (χ1) is 34.8. The number of aryl methyl sites for hydroxylation is 12. The SMILES string of the molecule is CCc1c[n+](C)c(-c2ccccc2C)cc1C.Cc1ccccc1-c1cc(C(C)C)c(C)c[n+]1C.Cc1ccccc1-c1cc(C)c(C(C)C)c[n+]1C.[2H]C([2H])(c1cc[n+](C)c(-c2ccccc2C)c1)C(C)(C)C. The second-order valence-electron chi connectivity index (χ2n) is 21.5. The maximum Gasteiger partial charge on any atom is 0.212 e. The fraction of sp³-hybridized carbons (Fsp3) is 0.353. The molecular formula is C68H88N4+4. The van der Waals surface area contributed by atoms with Crippen molar-refractivity contribution in [1.82, 2.24) is 0 Å². The van der Waals surface area contributed by atoms with E-state index >= 15 is 0 Å². The summed E-state index contributed by atoms with van der Waals surface area (Å²) in [5.41, 5.74) is 23.9. The van der Waals surface area contributed by atoms with E-state index in [4.69, 9.17) is 2.74 Å². The molecule has 0 aliphatic heterocycles. The van der Waals surface area contributed by atoms with E-state index in [-0.39, 0.29) is 0 Å². The van der Waals surface area contributed by atoms with Gasteiger partial charge in [0.25, 0.3) is 0 Å². The molecule has 4 heteroatoms. The van der Waals surface area contributed by atoms with Gasteiger partial charge in [0, 0.05) is 72.0 Å². The van der Waals surface area contributed by atoms with E-state index in [1.807, 2.05) is 62.8 Å². The fourth-order valence-electron chi connectivity index (χ4n) is 9.56. The van der Waals surface area contributed by atoms with Crippen molar-refractivity contribution >= 4 is 0 Å². The number of nitrogens with zero attached hydrogens (tertiary/aromatic N) is 4. The summed E-state index contributed by atoms with van der Waals surface area (Å²) in [4.78, 5) is 0. The standard InChI is InChI=1S/C18H24N.2C17H22N.C16H20N/c1-14-8-6-7-9-16(14)17-12-15(10-11-19(17)5)13-18(2,3)4;1-12(2)16-10-17(18(5)11-14(16)4)15-9-7-6-8-13(15)3;1-12(2)16-11-18(5)17(10-14(16)4)15-9-7-6-8-13(15)3;1-5-14-11-17(4)16(10-13(14)3)15-9-7-6-8-12(15)2/h6-12H,13H2,1-5H3;2*6-12H,1-5H3;6-11H,5H2,1-4H3/q4*+1/i13D2;;;. The second-order valence-corrected chi connectivity index (χ2v) is 21.5. The number of rotatable bonds is 8. The predicted molar refractivity (Wildman–Crippen MR) is 306 cm³/mol. The molecule has 0 radical (unpaired) electrons. The predicted octanol–water partition coefficient (Wildman–Crippen LogP) is 15.3. The van der Waals surface area contributed by atoms with Gasteiger partial charge < -0.3 is 0 Å². The summed E-state index contributed by atoms with van der Waals surface area (Å²) in [6.07, 6.45) is 8.41. The van der Waals surface area contributed by atoms with Gasteiger partial charge in [0.2, 0.25) is 22.8 Å². The van der Waals surface area contributed by atoms with Crippen LogP contribution in [0.2, 0.25) is 0 Å². The van der Waals surface area contributed by atoms with E-state index in [1.54, 1.807) is 0 Å². The van der Waals surface area contributed by atoms with Gasteiger partial charge in [-0.15, -0.1) is 0 Å². The summed E-state index contributed by atoms with van der Waals surface area (Å²) >= 11 is 0. The molecule has 4 aromatic heterocycles. The fourth-order valence-corrected chi connectivity index (χ4v) is 9.56. The smallest absolute Gasteiger partial charge is 0.201 e. The third-order valence-corrected chi connectivity index (χ3v) is 13.6. The highest BCUT2D eigenvalue weighted by Gasteiger charge is 2.20. The van der Waals surface area contributed by atoms with Gasteiger partial charge in [-0.1, -0.05) is 128 Å². The lowest BCUT2D eigenvalue weighted by Crippen LogP contribution is -2.32. The highest BCUT2D eigenvalue weighted by atomic mass is 14.9. The average molecular weight is 963 g/mol. The molecule has 0 saturated carbocycles. The van der Waals surface area contributed by atoms with Gasteiger partial charge in [-0.3, -0.25) is 0 Å². The van der Waals surface area contributed by atoms with E-state index in [2.05, 4.69) is 240 Å². The maximum atomic E-state index is 8.46.